The zero-order chi connectivity index (χ0) is 18.4. The Kier molecular flexibility index (Phi) is 6.29. The summed E-state index contributed by atoms with van der Waals surface area (Å²) in [6.07, 6.45) is 2.80. The van der Waals surface area contributed by atoms with Crippen molar-refractivity contribution in [3.63, 3.8) is 0 Å². The Hall–Kier alpha value is -2.68. The maximum atomic E-state index is 13.6. The molecule has 0 atom stereocenters. The molecule has 25 heavy (non-hydrogen) atoms. The molecule has 2 rings (SSSR count). The summed E-state index contributed by atoms with van der Waals surface area (Å²) in [5.41, 5.74) is -0.958. The van der Waals surface area contributed by atoms with E-state index >= 15 is 0 Å². The third-order valence-electron chi connectivity index (χ3n) is 3.14. The second-order valence-electron chi connectivity index (χ2n) is 4.80. The lowest BCUT2D eigenvalue weighted by Gasteiger charge is -2.12. The van der Waals surface area contributed by atoms with Gasteiger partial charge in [-0.2, -0.15) is 0 Å². The molecule has 1 heterocycles. The second-order valence-corrected chi connectivity index (χ2v) is 5.57. The van der Waals surface area contributed by atoms with Crippen LogP contribution < -0.4 is 10.9 Å². The number of carbonyl (C=O) groups excluding carboxylic acids is 2. The van der Waals surface area contributed by atoms with Gasteiger partial charge in [0.2, 0.25) is 5.91 Å². The van der Waals surface area contributed by atoms with Gasteiger partial charge in [0, 0.05) is 0 Å². The Morgan fingerprint density at radius 2 is 2.08 bits per heavy atom. The topological polar surface area (TPSA) is 90.3 Å². The van der Waals surface area contributed by atoms with Crippen molar-refractivity contribution in [3.8, 4) is 0 Å². The summed E-state index contributed by atoms with van der Waals surface area (Å²) in [6.45, 7) is 1.31. The van der Waals surface area contributed by atoms with Gasteiger partial charge in [-0.15, -0.1) is 0 Å². The average molecular weight is 365 g/mol. The number of hydrogen-bond donors (Lipinski definition) is 1. The van der Waals surface area contributed by atoms with E-state index in [0.29, 0.717) is 0 Å². The van der Waals surface area contributed by atoms with Gasteiger partial charge >= 0.3 is 5.97 Å². The van der Waals surface area contributed by atoms with E-state index in [2.05, 4.69) is 10.3 Å². The Balaban J connectivity index is 2.29. The van der Waals surface area contributed by atoms with E-state index in [1.165, 1.54) is 18.2 Å². The van der Waals surface area contributed by atoms with Crippen LogP contribution in [0.3, 0.4) is 0 Å². The first kappa shape index (κ1) is 18.7. The highest BCUT2D eigenvalue weighted by atomic mass is 32.2. The van der Waals surface area contributed by atoms with E-state index in [9.17, 15) is 18.8 Å². The van der Waals surface area contributed by atoms with Crippen molar-refractivity contribution >= 4 is 29.3 Å². The molecular formula is C16H16FN3O4S. The van der Waals surface area contributed by atoms with E-state index in [-0.39, 0.29) is 23.0 Å². The maximum Gasteiger partial charge on any atom is 0.345 e. The minimum Gasteiger partial charge on any atom is -0.462 e. The number of aromatic nitrogens is 2. The molecule has 1 aromatic carbocycles. The van der Waals surface area contributed by atoms with Crippen LogP contribution >= 0.6 is 11.8 Å². The Labute approximate surface area is 147 Å². The van der Waals surface area contributed by atoms with E-state index in [1.54, 1.807) is 19.2 Å². The number of nitrogens with one attached hydrogen (secondary N) is 1. The van der Waals surface area contributed by atoms with Gasteiger partial charge in [0.25, 0.3) is 5.56 Å². The molecule has 2 aromatic rings. The first-order chi connectivity index (χ1) is 12.0. The van der Waals surface area contributed by atoms with Gasteiger partial charge < -0.3 is 10.1 Å². The normalized spacial score (nSPS) is 10.4. The molecule has 0 unspecified atom stereocenters. The Morgan fingerprint density at radius 3 is 2.72 bits per heavy atom. The van der Waals surface area contributed by atoms with Gasteiger partial charge in [0.15, 0.2) is 5.16 Å². The van der Waals surface area contributed by atoms with Crippen molar-refractivity contribution in [2.75, 3.05) is 18.2 Å². The fraction of sp³-hybridized carbons (Fsp3) is 0.250. The quantitative estimate of drug-likeness (QED) is 0.478. The van der Waals surface area contributed by atoms with Gasteiger partial charge in [-0.3, -0.25) is 14.2 Å². The van der Waals surface area contributed by atoms with Crippen molar-refractivity contribution in [1.82, 2.24) is 9.55 Å². The number of nitrogens with zero attached hydrogens (tertiary/aromatic N) is 2. The lowest BCUT2D eigenvalue weighted by atomic mass is 10.3. The number of amides is 1. The molecule has 0 aliphatic heterocycles. The fourth-order valence-electron chi connectivity index (χ4n) is 2.02. The molecule has 0 fully saturated rings. The number of halogens is 1. The van der Waals surface area contributed by atoms with Crippen LogP contribution in [-0.4, -0.2) is 34.3 Å². The van der Waals surface area contributed by atoms with Crippen LogP contribution in [0.2, 0.25) is 0 Å². The zero-order valence-electron chi connectivity index (χ0n) is 13.6. The molecule has 1 aromatic heterocycles. The Morgan fingerprint density at radius 1 is 1.36 bits per heavy atom. The number of anilines is 1. The van der Waals surface area contributed by atoms with Crippen LogP contribution in [0.1, 0.15) is 17.3 Å². The van der Waals surface area contributed by atoms with Crippen molar-refractivity contribution in [2.24, 2.45) is 0 Å². The van der Waals surface area contributed by atoms with E-state index in [4.69, 9.17) is 4.74 Å². The lowest BCUT2D eigenvalue weighted by molar-refractivity contribution is -0.117. The molecule has 0 aliphatic carbocycles. The van der Waals surface area contributed by atoms with Crippen LogP contribution in [0.25, 0.3) is 0 Å². The predicted octanol–water partition coefficient (Wildman–Crippen LogP) is 1.92. The molecule has 0 bridgehead atoms. The van der Waals surface area contributed by atoms with E-state index < -0.39 is 29.8 Å². The van der Waals surface area contributed by atoms with Gasteiger partial charge in [-0.25, -0.2) is 14.2 Å². The molecule has 7 nitrogen and oxygen atoms in total. The summed E-state index contributed by atoms with van der Waals surface area (Å²) >= 11 is 1.14. The summed E-state index contributed by atoms with van der Waals surface area (Å²) in [5.74, 6) is -2.02. The molecule has 0 saturated carbocycles. The molecule has 0 radical (unpaired) electrons. The number of thioether (sulfide) groups is 1. The third kappa shape index (κ3) is 4.44. The first-order valence-electron chi connectivity index (χ1n) is 7.33. The van der Waals surface area contributed by atoms with Crippen LogP contribution in [0.5, 0.6) is 0 Å². The first-order valence-corrected chi connectivity index (χ1v) is 8.55. The number of benzene rings is 1. The summed E-state index contributed by atoms with van der Waals surface area (Å²) < 4.78 is 19.5. The zero-order valence-corrected chi connectivity index (χ0v) is 14.4. The fourth-order valence-corrected chi connectivity index (χ4v) is 2.55. The number of carbonyl (C=O) groups is 2. The highest BCUT2D eigenvalue weighted by Gasteiger charge is 2.19. The van der Waals surface area contributed by atoms with Crippen LogP contribution in [0, 0.1) is 5.82 Å². The molecule has 0 saturated heterocycles. The van der Waals surface area contributed by atoms with E-state index in [0.717, 1.165) is 22.5 Å². The largest absolute Gasteiger partial charge is 0.462 e. The summed E-state index contributed by atoms with van der Waals surface area (Å²) in [7, 11) is 0. The minimum atomic E-state index is -0.809. The van der Waals surface area contributed by atoms with Crippen molar-refractivity contribution < 1.29 is 18.7 Å². The molecular weight excluding hydrogens is 349 g/mol. The number of para-hydroxylation sites is 1. The van der Waals surface area contributed by atoms with Gasteiger partial charge in [-0.1, -0.05) is 23.9 Å². The average Bonchev–Trinajstić information content (AvgIpc) is 2.58. The van der Waals surface area contributed by atoms with Crippen LogP contribution in [0.4, 0.5) is 10.1 Å². The van der Waals surface area contributed by atoms with Crippen molar-refractivity contribution in [3.05, 3.63) is 52.2 Å². The summed E-state index contributed by atoms with van der Waals surface area (Å²) in [5, 5.41) is 2.64. The van der Waals surface area contributed by atoms with Gasteiger partial charge in [0.1, 0.15) is 17.9 Å². The number of rotatable bonds is 6. The van der Waals surface area contributed by atoms with Gasteiger partial charge in [0.05, 0.1) is 18.5 Å². The minimum absolute atomic E-state index is 0.000701. The maximum absolute atomic E-state index is 13.6. The lowest BCUT2D eigenvalue weighted by Crippen LogP contribution is -2.33. The number of hydrogen-bond acceptors (Lipinski definition) is 6. The predicted molar refractivity (Wildman–Crippen MR) is 91.3 cm³/mol. The summed E-state index contributed by atoms with van der Waals surface area (Å²) in [4.78, 5) is 40.5. The van der Waals surface area contributed by atoms with Crippen molar-refractivity contribution in [1.29, 1.82) is 0 Å². The smallest absolute Gasteiger partial charge is 0.345 e. The van der Waals surface area contributed by atoms with Crippen molar-refractivity contribution in [2.45, 2.75) is 18.6 Å². The molecule has 1 N–H and O–H groups in total. The van der Waals surface area contributed by atoms with Crippen LogP contribution in [-0.2, 0) is 16.1 Å². The summed E-state index contributed by atoms with van der Waals surface area (Å²) in [6, 6.07) is 5.67. The Bertz CT molecular complexity index is 854. The highest BCUT2D eigenvalue weighted by molar-refractivity contribution is 7.98. The molecule has 132 valence electrons. The molecule has 1 amide bonds. The highest BCUT2D eigenvalue weighted by Crippen LogP contribution is 2.13. The van der Waals surface area contributed by atoms with Crippen LogP contribution in [0.15, 0.2) is 40.4 Å². The van der Waals surface area contributed by atoms with Gasteiger partial charge in [-0.05, 0) is 25.3 Å². The second kappa shape index (κ2) is 8.43. The molecule has 9 heteroatoms. The molecule has 0 spiro atoms. The third-order valence-corrected chi connectivity index (χ3v) is 3.83. The monoisotopic (exact) mass is 365 g/mol. The standard InChI is InChI=1S/C16H16FN3O4S/c1-3-24-15(23)10-8-18-16(25-2)20(14(10)22)9-13(21)19-12-7-5-4-6-11(12)17/h4-8H,3,9H2,1-2H3,(H,19,21). The SMILES string of the molecule is CCOC(=O)c1cnc(SC)n(CC(=O)Nc2ccccc2F)c1=O. The number of esters is 1. The van der Waals surface area contributed by atoms with E-state index in [1.807, 2.05) is 0 Å². The molecule has 0 aliphatic rings. The number of ether oxygens (including phenoxy) is 1.